The third kappa shape index (κ3) is 4.79. The van der Waals surface area contributed by atoms with E-state index >= 15 is 0 Å². The Hall–Kier alpha value is -1.18. The van der Waals surface area contributed by atoms with Crippen molar-refractivity contribution < 1.29 is 26.3 Å². The van der Waals surface area contributed by atoms with Gasteiger partial charge in [-0.25, -0.2) is 16.8 Å². The zero-order valence-electron chi connectivity index (χ0n) is 17.1. The van der Waals surface area contributed by atoms with Gasteiger partial charge in [-0.2, -0.15) is 8.61 Å². The average Bonchev–Trinajstić information content (AvgIpc) is 2.73. The number of rotatable bonds is 6. The first-order chi connectivity index (χ1) is 14.5. The maximum atomic E-state index is 13.2. The van der Waals surface area contributed by atoms with Crippen molar-refractivity contribution >= 4 is 51.9 Å². The molecule has 0 amide bonds. The Morgan fingerprint density at radius 1 is 0.839 bits per heavy atom. The van der Waals surface area contributed by atoms with E-state index in [0.29, 0.717) is 20.4 Å². The summed E-state index contributed by atoms with van der Waals surface area (Å²) in [5, 5.41) is 0. The zero-order chi connectivity index (χ0) is 23.0. The molecule has 2 aromatic rings. The van der Waals surface area contributed by atoms with Gasteiger partial charge in [0.25, 0.3) is 0 Å². The molecule has 0 N–H and O–H groups in total. The molecule has 3 rings (SSSR count). The summed E-state index contributed by atoms with van der Waals surface area (Å²) in [6.45, 7) is 1.80. The molecule has 12 heteroatoms. The summed E-state index contributed by atoms with van der Waals surface area (Å²) < 4.78 is 66.9. The molecule has 0 saturated carbocycles. The van der Waals surface area contributed by atoms with Gasteiger partial charge in [-0.3, -0.25) is 0 Å². The lowest BCUT2D eigenvalue weighted by atomic mass is 10.3. The molecule has 0 aromatic heterocycles. The van der Waals surface area contributed by atoms with Gasteiger partial charge in [-0.15, -0.1) is 0 Å². The third-order valence-corrected chi connectivity index (χ3v) is 10.2. The first-order valence-electron chi connectivity index (χ1n) is 9.21. The number of benzene rings is 2. The highest BCUT2D eigenvalue weighted by Crippen LogP contribution is 2.32. The summed E-state index contributed by atoms with van der Waals surface area (Å²) >= 11 is 6.62. The molecule has 0 spiro atoms. The number of ether oxygens (including phenoxy) is 2. The van der Waals surface area contributed by atoms with Crippen molar-refractivity contribution in [1.29, 1.82) is 0 Å². The maximum Gasteiger partial charge on any atom is 0.243 e. The van der Waals surface area contributed by atoms with Gasteiger partial charge in [0, 0.05) is 37.8 Å². The van der Waals surface area contributed by atoms with Crippen molar-refractivity contribution in [2.45, 2.75) is 22.8 Å². The molecule has 0 radical (unpaired) electrons. The topological polar surface area (TPSA) is 93.2 Å². The van der Waals surface area contributed by atoms with E-state index in [-0.39, 0.29) is 29.4 Å². The second kappa shape index (κ2) is 9.36. The van der Waals surface area contributed by atoms with E-state index in [1.165, 1.54) is 47.1 Å². The van der Waals surface area contributed by atoms with Gasteiger partial charge in [0.2, 0.25) is 20.0 Å². The normalized spacial score (nSPS) is 18.7. The SMILES string of the molecule is COc1cc(S(=O)(=O)N2CCN(S(=O)(=O)c3ccc(Br)c(OC)c3)C(C)C2)ccc1Br. The number of piperazine rings is 1. The molecule has 1 atom stereocenters. The molecule has 1 saturated heterocycles. The van der Waals surface area contributed by atoms with E-state index in [0.717, 1.165) is 0 Å². The third-order valence-electron chi connectivity index (χ3n) is 5.02. The fraction of sp³-hybridized carbons (Fsp3) is 0.368. The Kier molecular flexibility index (Phi) is 7.38. The van der Waals surface area contributed by atoms with E-state index in [2.05, 4.69) is 31.9 Å². The van der Waals surface area contributed by atoms with Crippen LogP contribution in [0.15, 0.2) is 55.1 Å². The van der Waals surface area contributed by atoms with Crippen LogP contribution in [0.25, 0.3) is 0 Å². The van der Waals surface area contributed by atoms with E-state index in [1.54, 1.807) is 19.1 Å². The number of hydrogen-bond acceptors (Lipinski definition) is 6. The van der Waals surface area contributed by atoms with Crippen molar-refractivity contribution in [2.75, 3.05) is 33.9 Å². The van der Waals surface area contributed by atoms with Crippen LogP contribution >= 0.6 is 31.9 Å². The molecule has 8 nitrogen and oxygen atoms in total. The molecule has 1 fully saturated rings. The van der Waals surface area contributed by atoms with E-state index < -0.39 is 26.1 Å². The molecular weight excluding hydrogens is 576 g/mol. The number of hydrogen-bond donors (Lipinski definition) is 0. The first-order valence-corrected chi connectivity index (χ1v) is 13.7. The van der Waals surface area contributed by atoms with Crippen molar-refractivity contribution in [3.05, 3.63) is 45.3 Å². The fourth-order valence-electron chi connectivity index (χ4n) is 3.37. The van der Waals surface area contributed by atoms with Gasteiger partial charge in [-0.05, 0) is 63.0 Å². The summed E-state index contributed by atoms with van der Waals surface area (Å²) in [6, 6.07) is 8.54. The Labute approximate surface area is 199 Å². The van der Waals surface area contributed by atoms with E-state index in [4.69, 9.17) is 9.47 Å². The molecule has 1 heterocycles. The second-order valence-electron chi connectivity index (χ2n) is 6.92. The van der Waals surface area contributed by atoms with Crippen LogP contribution in [-0.2, 0) is 20.0 Å². The molecule has 0 aliphatic carbocycles. The van der Waals surface area contributed by atoms with Crippen LogP contribution in [0, 0.1) is 0 Å². The zero-order valence-corrected chi connectivity index (χ0v) is 21.9. The lowest BCUT2D eigenvalue weighted by Crippen LogP contribution is -2.55. The lowest BCUT2D eigenvalue weighted by molar-refractivity contribution is 0.212. The molecule has 1 aliphatic rings. The van der Waals surface area contributed by atoms with Crippen LogP contribution in [0.1, 0.15) is 6.92 Å². The van der Waals surface area contributed by atoms with Gasteiger partial charge in [-0.1, -0.05) is 0 Å². The van der Waals surface area contributed by atoms with Gasteiger partial charge in [0.1, 0.15) is 11.5 Å². The molecule has 1 unspecified atom stereocenters. The highest BCUT2D eigenvalue weighted by molar-refractivity contribution is 9.10. The first kappa shape index (κ1) is 24.5. The standard InChI is InChI=1S/C19H22Br2N2O6S2/c1-13-12-22(30(24,25)14-4-6-16(20)18(10-14)28-2)8-9-23(13)31(26,27)15-5-7-17(21)19(11-15)29-3/h4-7,10-11,13H,8-9,12H2,1-3H3. The summed E-state index contributed by atoms with van der Waals surface area (Å²) in [5.41, 5.74) is 0. The molecule has 2 aromatic carbocycles. The predicted molar refractivity (Wildman–Crippen MR) is 124 cm³/mol. The molecule has 170 valence electrons. The number of methoxy groups -OCH3 is 2. The minimum Gasteiger partial charge on any atom is -0.496 e. The average molecular weight is 598 g/mol. The Morgan fingerprint density at radius 3 is 1.77 bits per heavy atom. The van der Waals surface area contributed by atoms with Crippen molar-refractivity contribution in [3.8, 4) is 11.5 Å². The smallest absolute Gasteiger partial charge is 0.243 e. The van der Waals surface area contributed by atoms with Crippen molar-refractivity contribution in [3.63, 3.8) is 0 Å². The Balaban J connectivity index is 1.85. The summed E-state index contributed by atoms with van der Waals surface area (Å²) in [6.07, 6.45) is 0. The minimum atomic E-state index is -3.83. The van der Waals surface area contributed by atoms with Crippen LogP contribution in [0.5, 0.6) is 11.5 Å². The maximum absolute atomic E-state index is 13.2. The Morgan fingerprint density at radius 2 is 1.32 bits per heavy atom. The summed E-state index contributed by atoms with van der Waals surface area (Å²) in [4.78, 5) is 0.182. The van der Waals surface area contributed by atoms with Crippen molar-refractivity contribution in [2.24, 2.45) is 0 Å². The Bertz CT molecular complexity index is 1190. The van der Waals surface area contributed by atoms with Gasteiger partial charge >= 0.3 is 0 Å². The molecular formula is C19H22Br2N2O6S2. The summed E-state index contributed by atoms with van der Waals surface area (Å²) in [5.74, 6) is 0.804. The summed E-state index contributed by atoms with van der Waals surface area (Å²) in [7, 11) is -4.72. The number of nitrogens with zero attached hydrogens (tertiary/aromatic N) is 2. The molecule has 0 bridgehead atoms. The number of sulfonamides is 2. The van der Waals surface area contributed by atoms with Crippen LogP contribution in [0.2, 0.25) is 0 Å². The highest BCUT2D eigenvalue weighted by Gasteiger charge is 2.38. The lowest BCUT2D eigenvalue weighted by Gasteiger charge is -2.38. The van der Waals surface area contributed by atoms with Crippen molar-refractivity contribution in [1.82, 2.24) is 8.61 Å². The quantitative estimate of drug-likeness (QED) is 0.507. The van der Waals surface area contributed by atoms with E-state index in [9.17, 15) is 16.8 Å². The van der Waals surface area contributed by atoms with E-state index in [1.807, 2.05) is 0 Å². The van der Waals surface area contributed by atoms with Gasteiger partial charge in [0.05, 0.1) is 33.0 Å². The monoisotopic (exact) mass is 596 g/mol. The van der Waals surface area contributed by atoms with Gasteiger partial charge in [0.15, 0.2) is 0 Å². The van der Waals surface area contributed by atoms with Crippen LogP contribution in [0.4, 0.5) is 0 Å². The second-order valence-corrected chi connectivity index (χ2v) is 12.5. The molecule has 1 aliphatic heterocycles. The largest absolute Gasteiger partial charge is 0.496 e. The number of halogens is 2. The van der Waals surface area contributed by atoms with Crippen LogP contribution < -0.4 is 9.47 Å². The molecule has 31 heavy (non-hydrogen) atoms. The van der Waals surface area contributed by atoms with Gasteiger partial charge < -0.3 is 9.47 Å². The van der Waals surface area contributed by atoms with Crippen LogP contribution in [-0.4, -0.2) is 65.3 Å². The van der Waals surface area contributed by atoms with Crippen LogP contribution in [0.3, 0.4) is 0 Å². The fourth-order valence-corrected chi connectivity index (χ4v) is 7.34. The minimum absolute atomic E-state index is 0.0353. The predicted octanol–water partition coefficient (Wildman–Crippen LogP) is 3.31. The highest BCUT2D eigenvalue weighted by atomic mass is 79.9.